The molecule has 2 atom stereocenters. The third-order valence-corrected chi connectivity index (χ3v) is 6.42. The molecule has 0 spiro atoms. The summed E-state index contributed by atoms with van der Waals surface area (Å²) in [5.41, 5.74) is 0. The Bertz CT molecular complexity index is 558. The first-order chi connectivity index (χ1) is 14.8. The number of aliphatic carboxylic acids is 1. The zero-order valence-corrected chi connectivity index (χ0v) is 20.9. The fraction of sp³-hybridized carbons (Fsp3) is 0.818. The summed E-state index contributed by atoms with van der Waals surface area (Å²) >= 11 is 0. The van der Waals surface area contributed by atoms with E-state index in [1.54, 1.807) is 0 Å². The molecule has 2 unspecified atom stereocenters. The van der Waals surface area contributed by atoms with Gasteiger partial charge in [-0.3, -0.25) is 4.79 Å². The molecule has 0 rings (SSSR count). The fourth-order valence-corrected chi connectivity index (χ4v) is 3.97. The standard InChI is InChI=1S/C22H41NO7S.H3N/c1-2-3-4-5-6-7-8-9-10-11-12-13-14-15-16-17-18-29-22(26)20(19-21(24)25)31(27,28)30-23;/h9-10,20H,2-8,11-19H2,1,23H3;1H3/q+1;/p+2/b10-9-;. The minimum absolute atomic E-state index is 0. The molecule has 0 amide bonds. The number of carboxylic acids is 1. The number of rotatable bonds is 21. The molecule has 0 saturated heterocycles. The molecular weight excluding hydrogens is 436 g/mol. The average Bonchev–Trinajstić information content (AvgIpc) is 2.73. The van der Waals surface area contributed by atoms with Crippen LogP contribution in [0.4, 0.5) is 0 Å². The molecule has 10 heteroatoms. The number of allylic oxidation sites excluding steroid dienone is 2. The number of hydrogen-bond donors (Lipinski definition) is 3. The van der Waals surface area contributed by atoms with Crippen molar-refractivity contribution in [3.63, 3.8) is 0 Å². The number of hydrogen-bond acceptors (Lipinski definition) is 5. The Balaban J connectivity index is 0. The smallest absolute Gasteiger partial charge is 0.463 e. The van der Waals surface area contributed by atoms with E-state index < -0.39 is 34.1 Å². The van der Waals surface area contributed by atoms with E-state index in [0.717, 1.165) is 32.1 Å². The molecule has 0 aliphatic rings. The van der Waals surface area contributed by atoms with E-state index in [4.69, 9.17) is 9.84 Å². The lowest BCUT2D eigenvalue weighted by Gasteiger charge is -2.09. The zero-order valence-electron chi connectivity index (χ0n) is 20.1. The molecule has 0 aromatic carbocycles. The first kappa shape index (κ1) is 32.8. The van der Waals surface area contributed by atoms with Crippen molar-refractivity contribution in [2.75, 3.05) is 6.61 Å². The maximum atomic E-state index is 11.9. The Morgan fingerprint density at radius 1 is 0.906 bits per heavy atom. The highest BCUT2D eigenvalue weighted by molar-refractivity contribution is 7.94. The summed E-state index contributed by atoms with van der Waals surface area (Å²) in [6.07, 6.45) is 19.8. The maximum absolute atomic E-state index is 11.9. The molecule has 8 N–H and O–H groups in total. The van der Waals surface area contributed by atoms with E-state index in [1.165, 1.54) is 51.4 Å². The van der Waals surface area contributed by atoms with Gasteiger partial charge < -0.3 is 16.0 Å². The molecule has 0 aliphatic heterocycles. The molecule has 0 aliphatic carbocycles. The Morgan fingerprint density at radius 3 is 1.84 bits per heavy atom. The predicted molar refractivity (Wildman–Crippen MR) is 125 cm³/mol. The molecule has 0 aromatic heterocycles. The van der Waals surface area contributed by atoms with E-state index in [-0.39, 0.29) is 12.8 Å². The number of carboxylic acid groups (broad SMARTS) is 1. The van der Waals surface area contributed by atoms with Gasteiger partial charge in [0.25, 0.3) is 5.25 Å². The third kappa shape index (κ3) is 18.3. The second-order valence-corrected chi connectivity index (χ2v) is 9.59. The SMILES string of the molecule is CCCCCCCC/C=C\CCCCCCCCOC(=O)C(CC(=O)O)[S+]([O])(=O)O[NH3+].[NH4+]. The highest BCUT2D eigenvalue weighted by Crippen LogP contribution is 2.16. The third-order valence-electron chi connectivity index (χ3n) is 5.04. The van der Waals surface area contributed by atoms with Crippen LogP contribution >= 0.6 is 0 Å². The highest BCUT2D eigenvalue weighted by atomic mass is 32.3. The molecule has 0 bridgehead atoms. The quantitative estimate of drug-likeness (QED) is 0.0701. The van der Waals surface area contributed by atoms with Crippen LogP contribution in [0.25, 0.3) is 0 Å². The van der Waals surface area contributed by atoms with E-state index in [1.807, 2.05) is 0 Å². The summed E-state index contributed by atoms with van der Waals surface area (Å²) in [7, 11) is -4.40. The summed E-state index contributed by atoms with van der Waals surface area (Å²) in [5.74, 6) is 0.214. The van der Waals surface area contributed by atoms with Gasteiger partial charge in [-0.15, -0.1) is 0 Å². The van der Waals surface area contributed by atoms with E-state index in [2.05, 4.69) is 29.3 Å². The van der Waals surface area contributed by atoms with Crippen molar-refractivity contribution in [2.45, 2.75) is 108 Å². The van der Waals surface area contributed by atoms with Crippen LogP contribution in [0.3, 0.4) is 0 Å². The van der Waals surface area contributed by atoms with Gasteiger partial charge in [-0.2, -0.15) is 5.90 Å². The zero-order chi connectivity index (χ0) is 23.4. The van der Waals surface area contributed by atoms with Gasteiger partial charge in [0, 0.05) is 4.28 Å². The van der Waals surface area contributed by atoms with Crippen LogP contribution in [-0.2, 0) is 37.9 Å². The first-order valence-corrected chi connectivity index (χ1v) is 13.0. The van der Waals surface area contributed by atoms with Crippen molar-refractivity contribution >= 4 is 22.4 Å². The van der Waals surface area contributed by atoms with Gasteiger partial charge in [0.05, 0.1) is 11.2 Å². The monoisotopic (exact) mass is 482 g/mol. The van der Waals surface area contributed by atoms with Gasteiger partial charge in [0.15, 0.2) is 0 Å². The van der Waals surface area contributed by atoms with Crippen molar-refractivity contribution in [2.24, 2.45) is 0 Å². The molecule has 1 radical (unpaired) electrons. The number of carbonyl (C=O) groups is 2. The molecule has 9 nitrogen and oxygen atoms in total. The summed E-state index contributed by atoms with van der Waals surface area (Å²) in [4.78, 5) is 22.6. The van der Waals surface area contributed by atoms with Crippen LogP contribution in [0.15, 0.2) is 12.2 Å². The summed E-state index contributed by atoms with van der Waals surface area (Å²) in [5, 5.41) is 6.87. The lowest BCUT2D eigenvalue weighted by molar-refractivity contribution is -0.637. The molecule has 189 valence electrons. The normalized spacial score (nSPS) is 14.0. The lowest BCUT2D eigenvalue weighted by atomic mass is 10.1. The Labute approximate surface area is 194 Å². The second kappa shape index (κ2) is 21.5. The molecule has 0 saturated carbocycles. The van der Waals surface area contributed by atoms with E-state index in [0.29, 0.717) is 6.42 Å². The van der Waals surface area contributed by atoms with Crippen molar-refractivity contribution in [3.05, 3.63) is 12.2 Å². The van der Waals surface area contributed by atoms with Crippen molar-refractivity contribution in [3.8, 4) is 0 Å². The average molecular weight is 483 g/mol. The Morgan fingerprint density at radius 2 is 1.38 bits per heavy atom. The lowest BCUT2D eigenvalue weighted by Crippen LogP contribution is -2.56. The van der Waals surface area contributed by atoms with Crippen LogP contribution in [0, 0.1) is 0 Å². The minimum atomic E-state index is -4.40. The molecular formula is C22H46N2O7S+3. The van der Waals surface area contributed by atoms with Crippen LogP contribution in [0.2, 0.25) is 0 Å². The summed E-state index contributed by atoms with van der Waals surface area (Å²) in [6.45, 7) is 2.29. The predicted octanol–water partition coefficient (Wildman–Crippen LogP) is 4.72. The molecule has 0 fully saturated rings. The fourth-order valence-electron chi connectivity index (χ4n) is 3.16. The minimum Gasteiger partial charge on any atom is -0.481 e. The van der Waals surface area contributed by atoms with Gasteiger partial charge in [-0.1, -0.05) is 76.9 Å². The van der Waals surface area contributed by atoms with Gasteiger partial charge >= 0.3 is 22.4 Å². The van der Waals surface area contributed by atoms with Crippen LogP contribution < -0.4 is 12.0 Å². The largest absolute Gasteiger partial charge is 0.481 e. The van der Waals surface area contributed by atoms with E-state index >= 15 is 0 Å². The number of ether oxygens (including phenoxy) is 1. The van der Waals surface area contributed by atoms with Gasteiger partial charge in [-0.25, -0.2) is 4.79 Å². The topological polar surface area (TPSA) is 174 Å². The second-order valence-electron chi connectivity index (χ2n) is 7.80. The summed E-state index contributed by atoms with van der Waals surface area (Å²) < 4.78 is 32.1. The van der Waals surface area contributed by atoms with Gasteiger partial charge in [-0.05, 0) is 36.3 Å². The van der Waals surface area contributed by atoms with Crippen molar-refractivity contribution in [1.29, 1.82) is 0 Å². The first-order valence-electron chi connectivity index (χ1n) is 11.6. The van der Waals surface area contributed by atoms with Crippen molar-refractivity contribution < 1.29 is 38.4 Å². The highest BCUT2D eigenvalue weighted by Gasteiger charge is 2.52. The maximum Gasteiger partial charge on any atom is 0.463 e. The van der Waals surface area contributed by atoms with E-state index in [9.17, 15) is 18.4 Å². The molecule has 0 aromatic rings. The van der Waals surface area contributed by atoms with Crippen molar-refractivity contribution in [1.82, 2.24) is 6.15 Å². The van der Waals surface area contributed by atoms with Gasteiger partial charge in [0.1, 0.15) is 6.42 Å². The number of esters is 1. The number of quaternary nitrogens is 2. The molecule has 32 heavy (non-hydrogen) atoms. The van der Waals surface area contributed by atoms with Crippen LogP contribution in [0.1, 0.15) is 103 Å². The number of carbonyl (C=O) groups excluding carboxylic acids is 1. The Hall–Kier alpha value is -1.33. The van der Waals surface area contributed by atoms with Crippen LogP contribution in [0.5, 0.6) is 0 Å². The number of unbranched alkanes of at least 4 members (excludes halogenated alkanes) is 12. The Kier molecular flexibility index (Phi) is 22.1. The molecule has 0 heterocycles. The van der Waals surface area contributed by atoms with Crippen LogP contribution in [-0.4, -0.2) is 28.9 Å². The van der Waals surface area contributed by atoms with Gasteiger partial charge in [0.2, 0.25) is 0 Å². The summed E-state index contributed by atoms with van der Waals surface area (Å²) in [6, 6.07) is 0.